The van der Waals surface area contributed by atoms with Crippen LogP contribution < -0.4 is 0 Å². The van der Waals surface area contributed by atoms with Crippen LogP contribution in [0.3, 0.4) is 0 Å². The van der Waals surface area contributed by atoms with Crippen molar-refractivity contribution in [2.45, 2.75) is 282 Å². The van der Waals surface area contributed by atoms with E-state index < -0.39 is 104 Å². The Kier molecular flexibility index (Phi) is 46.7. The lowest BCUT2D eigenvalue weighted by Gasteiger charge is -2.45. The monoisotopic (exact) mass is 1870 g/mol. The van der Waals surface area contributed by atoms with Gasteiger partial charge in [0.25, 0.3) is 0 Å². The maximum atomic E-state index is 13.1. The first-order chi connectivity index (χ1) is 63.6. The van der Waals surface area contributed by atoms with Crippen molar-refractivity contribution in [1.29, 1.82) is 0 Å². The molecule has 9 rings (SSSR count). The van der Waals surface area contributed by atoms with Crippen molar-refractivity contribution in [2.24, 2.45) is 16.2 Å². The maximum absolute atomic E-state index is 13.1. The minimum Gasteiger partial charge on any atom is -0.515 e. The summed E-state index contributed by atoms with van der Waals surface area (Å²) in [5.41, 5.74) is 17.5. The number of fused-ring (bicyclic) bond motifs is 2. The van der Waals surface area contributed by atoms with E-state index in [-0.39, 0.29) is 80.1 Å². The molecule has 7 aliphatic rings. The number of aliphatic hydroxyl groups excluding tert-OH is 11. The lowest BCUT2D eigenvalue weighted by Crippen LogP contribution is -2.60. The lowest BCUT2D eigenvalue weighted by atomic mass is 9.71. The third-order valence-electron chi connectivity index (χ3n) is 24.9. The van der Waals surface area contributed by atoms with Gasteiger partial charge in [-0.05, 0) is 239 Å². The highest BCUT2D eigenvalue weighted by Gasteiger charge is 2.51. The average Bonchev–Trinajstić information content (AvgIpc) is 0.723. The van der Waals surface area contributed by atoms with Gasteiger partial charge in [-0.1, -0.05) is 244 Å². The number of carbonyl (C=O) groups excluding carboxylic acids is 5. The van der Waals surface area contributed by atoms with E-state index in [0.29, 0.717) is 47.0 Å². The largest absolute Gasteiger partial charge is 0.515 e. The first-order valence-corrected chi connectivity index (χ1v) is 46.0. The summed E-state index contributed by atoms with van der Waals surface area (Å²) in [6, 6.07) is 7.06. The third kappa shape index (κ3) is 33.0. The van der Waals surface area contributed by atoms with Crippen LogP contribution in [0, 0.1) is 16.2 Å². The Balaban J connectivity index is 0.000000312. The van der Waals surface area contributed by atoms with E-state index in [9.17, 15) is 80.1 Å². The summed E-state index contributed by atoms with van der Waals surface area (Å²) in [6.45, 7) is 38.0. The maximum Gasteiger partial charge on any atom is 0.228 e. The fourth-order valence-electron chi connectivity index (χ4n) is 17.1. The van der Waals surface area contributed by atoms with Crippen LogP contribution in [0.25, 0.3) is 0 Å². The number of phenols is 2. The molecule has 0 spiro atoms. The van der Waals surface area contributed by atoms with Crippen LogP contribution in [0.1, 0.15) is 234 Å². The Morgan fingerprint density at radius 3 is 1.45 bits per heavy atom. The molecule has 13 N–H and O–H groups in total. The first-order valence-electron chi connectivity index (χ1n) is 46.0. The number of hydrogen-bond acceptors (Lipinski definition) is 24. The number of benzene rings is 2. The van der Waals surface area contributed by atoms with Crippen LogP contribution in [-0.4, -0.2) is 210 Å². The number of rotatable bonds is 30. The molecule has 0 radical (unpaired) electrons. The molecule has 2 aromatic carbocycles. The Hall–Kier alpha value is -10.2. The number of aliphatic hydroxyl groups is 11. The number of ether oxygens (including phenoxy) is 6. The van der Waals surface area contributed by atoms with Crippen molar-refractivity contribution < 1.29 is 119 Å². The van der Waals surface area contributed by atoms with Gasteiger partial charge < -0.3 is 94.8 Å². The van der Waals surface area contributed by atoms with E-state index in [4.69, 9.17) is 38.6 Å². The second-order valence-corrected chi connectivity index (χ2v) is 37.6. The van der Waals surface area contributed by atoms with E-state index in [1.165, 1.54) is 111 Å². The van der Waals surface area contributed by atoms with Crippen molar-refractivity contribution in [3.63, 3.8) is 0 Å². The summed E-state index contributed by atoms with van der Waals surface area (Å²) < 4.78 is 30.7. The summed E-state index contributed by atoms with van der Waals surface area (Å²) in [5.74, 6) is -3.34. The van der Waals surface area contributed by atoms with Crippen LogP contribution in [-0.2, 0) is 54.2 Å². The molecule has 2 heterocycles. The fourth-order valence-corrected chi connectivity index (χ4v) is 17.1. The Morgan fingerprint density at radius 2 is 0.978 bits per heavy atom. The molecule has 2 aromatic rings. The molecule has 2 fully saturated rings. The molecule has 24 heteroatoms. The molecule has 13 atom stereocenters. The SMILES string of the molecule is CC1=C(/C=C/C(C)=C/C=C/C(C)=C/C=C/C=C(C)/C=C/C=C(C)/C=C/C2=C(C)C(=O)C(O)CC2(C)C)C(C)(C)CC(O)C1=O.CC1=C(/C=C/C(C)=C/C=C/C(C)=C/O)C(C)(C)CCC1.COC1=C(OC)C(=O)C(C/C=C(\C)CC/C=C(\C)CCC=C(C)C)=CC1=O.COC1OC(CO)C(OC)C(O)C1O.O=C1c2c(O)cccc2C(C2OC(CO)C(O)C(O)C2O)c2cc(CO)cc(O)c21. The average molecular weight is 1870 g/mol. The molecule has 135 heavy (non-hydrogen) atoms. The van der Waals surface area contributed by atoms with Gasteiger partial charge in [0.05, 0.1) is 57.5 Å². The number of methoxy groups -OCH3 is 4. The Labute approximate surface area is 799 Å². The van der Waals surface area contributed by atoms with Gasteiger partial charge in [-0.2, -0.15) is 0 Å². The summed E-state index contributed by atoms with van der Waals surface area (Å²) in [4.78, 5) is 62.0. The molecular weight excluding hydrogens is 1720 g/mol. The minimum absolute atomic E-state index is 0.0130. The van der Waals surface area contributed by atoms with Gasteiger partial charge >= 0.3 is 0 Å². The lowest BCUT2D eigenvalue weighted by molar-refractivity contribution is -0.298. The van der Waals surface area contributed by atoms with Crippen LogP contribution in [0.4, 0.5) is 0 Å². The number of carbonyl (C=O) groups is 5. The highest BCUT2D eigenvalue weighted by molar-refractivity contribution is 6.21. The molecule has 13 unspecified atom stereocenters. The molecule has 24 nitrogen and oxygen atoms in total. The van der Waals surface area contributed by atoms with Gasteiger partial charge in [-0.3, -0.25) is 24.0 Å². The number of aromatic hydroxyl groups is 2. The highest BCUT2D eigenvalue weighted by Crippen LogP contribution is 2.49. The standard InChI is InChI=1S/C40H52O4.C23H32O4.C21H22O9.C19H28O.C8H16O6/c1-27(17-13-19-29(3)21-23-33-31(5)37(43)35(41)25-39(33,7)8)15-11-12-16-28(2)18-14-20-30(4)22-24-34-32(6)38(44)36(42)26-40(34,9)10;1-16(2)9-7-10-17(3)11-8-12-18(4)13-14-19-15-20(24)22(26-5)23(27-6)21(19)25;22-6-8-4-10-14(21-20(29)19(28)17(26)13(7-23)30-21)9-2-1-3-11(24)15(9)18(27)16(10)12(25)5-8;1-15(8-6-9-16(2)14-20)11-12-18-17(3)10-7-13-19(18,4)5;1-12-7-4(3-9)14-8(13-2)6(11)5(7)10/h11-24,35-36,41-42H,25-26H2,1-10H3;9,11,13,15H,7-8,10,12,14H2,1-6H3;1-5,13-14,17,19-26,28-29H,6-7H2;6,8-9,11-12,14,20H,7,10,13H2,1-5H3;4-11H,3H2,1-2H3/b12-11+,17-13+,18-14+,23-21+,24-22+,27-15+,28-16+,29-19+,30-20+;17-11+,18-13+;;9-6+,12-11+,15-8+,16-14+;. The highest BCUT2D eigenvalue weighted by atomic mass is 16.7. The van der Waals surface area contributed by atoms with Crippen molar-refractivity contribution in [3.05, 3.63) is 305 Å². The molecule has 0 saturated carbocycles. The second kappa shape index (κ2) is 54.6. The quantitative estimate of drug-likeness (QED) is 0.0149. The summed E-state index contributed by atoms with van der Waals surface area (Å²) in [6.07, 6.45) is 43.3. The van der Waals surface area contributed by atoms with Crippen LogP contribution >= 0.6 is 0 Å². The molecular formula is C111H150O24. The molecule has 0 bridgehead atoms. The zero-order valence-electron chi connectivity index (χ0n) is 83.2. The topological polar surface area (TPSA) is 404 Å². The smallest absolute Gasteiger partial charge is 0.228 e. The van der Waals surface area contributed by atoms with Gasteiger partial charge in [0, 0.05) is 25.7 Å². The third-order valence-corrected chi connectivity index (χ3v) is 24.9. The van der Waals surface area contributed by atoms with Gasteiger partial charge in [0.2, 0.25) is 28.9 Å². The van der Waals surface area contributed by atoms with Gasteiger partial charge in [-0.15, -0.1) is 0 Å². The van der Waals surface area contributed by atoms with E-state index in [1.54, 1.807) is 19.9 Å². The number of allylic oxidation sites excluding steroid dienone is 37. The predicted molar refractivity (Wildman–Crippen MR) is 530 cm³/mol. The second-order valence-electron chi connectivity index (χ2n) is 37.6. The Bertz CT molecular complexity index is 5060. The van der Waals surface area contributed by atoms with Gasteiger partial charge in [0.15, 0.2) is 17.9 Å². The molecule has 738 valence electrons. The number of phenolic OH excluding ortho intramolecular Hbond substituents is 2. The van der Waals surface area contributed by atoms with Crippen molar-refractivity contribution in [2.75, 3.05) is 41.7 Å². The van der Waals surface area contributed by atoms with Crippen LogP contribution in [0.2, 0.25) is 0 Å². The summed E-state index contributed by atoms with van der Waals surface area (Å²) in [5, 5.41) is 128. The molecule has 2 saturated heterocycles. The first kappa shape index (κ1) is 115. The molecule has 0 aromatic heterocycles. The van der Waals surface area contributed by atoms with Crippen molar-refractivity contribution in [1.82, 2.24) is 0 Å². The number of Topliss-reactive ketones (excluding diaryl/α,β-unsaturated/α-hetero) is 3. The number of ketones is 5. The molecule has 5 aliphatic carbocycles. The predicted octanol–water partition coefficient (Wildman–Crippen LogP) is 17.5. The molecule has 0 amide bonds. The van der Waals surface area contributed by atoms with Crippen molar-refractivity contribution in [3.8, 4) is 11.5 Å². The van der Waals surface area contributed by atoms with E-state index >= 15 is 0 Å². The molecule has 2 aliphatic heterocycles. The Morgan fingerprint density at radius 1 is 0.496 bits per heavy atom. The van der Waals surface area contributed by atoms with E-state index in [1.807, 2.05) is 99.8 Å². The fraction of sp³-hybridized carbons (Fsp3) is 0.468. The van der Waals surface area contributed by atoms with Crippen LogP contribution in [0.15, 0.2) is 277 Å². The van der Waals surface area contributed by atoms with Gasteiger partial charge in [-0.25, -0.2) is 0 Å². The van der Waals surface area contributed by atoms with Gasteiger partial charge in [0.1, 0.15) is 72.5 Å². The normalized spacial score (nSPS) is 25.7. The number of hydrogen-bond donors (Lipinski definition) is 13. The van der Waals surface area contributed by atoms with Crippen molar-refractivity contribution >= 4 is 28.9 Å². The van der Waals surface area contributed by atoms with E-state index in [2.05, 4.69) is 152 Å². The zero-order valence-corrected chi connectivity index (χ0v) is 83.2. The minimum atomic E-state index is -1.64. The van der Waals surface area contributed by atoms with Crippen LogP contribution in [0.5, 0.6) is 11.5 Å². The summed E-state index contributed by atoms with van der Waals surface area (Å²) in [7, 11) is 5.45. The van der Waals surface area contributed by atoms with E-state index in [0.717, 1.165) is 71.0 Å². The zero-order chi connectivity index (χ0) is 101. The summed E-state index contributed by atoms with van der Waals surface area (Å²) >= 11 is 0.